The maximum Gasteiger partial charge on any atom is 0.339 e. The van der Waals surface area contributed by atoms with Crippen LogP contribution in [0.2, 0.25) is 10.0 Å². The van der Waals surface area contributed by atoms with E-state index in [1.165, 1.54) is 12.1 Å². The third-order valence-corrected chi connectivity index (χ3v) is 3.84. The lowest BCUT2D eigenvalue weighted by atomic mass is 9.93. The number of anilines is 1. The highest BCUT2D eigenvalue weighted by molar-refractivity contribution is 6.38. The molecule has 0 fully saturated rings. The number of rotatable bonds is 3. The number of carboxylic acids is 1. The van der Waals surface area contributed by atoms with E-state index in [1.807, 2.05) is 12.2 Å². The van der Waals surface area contributed by atoms with Gasteiger partial charge in [0.2, 0.25) is 5.91 Å². The van der Waals surface area contributed by atoms with Gasteiger partial charge in [0.1, 0.15) is 5.56 Å². The molecule has 1 aromatic rings. The largest absolute Gasteiger partial charge is 0.478 e. The summed E-state index contributed by atoms with van der Waals surface area (Å²) < 4.78 is 0. The summed E-state index contributed by atoms with van der Waals surface area (Å²) in [5.41, 5.74) is -0.120. The molecule has 2 N–H and O–H groups in total. The van der Waals surface area contributed by atoms with Gasteiger partial charge in [0.25, 0.3) is 0 Å². The predicted molar refractivity (Wildman–Crippen MR) is 78.5 cm³/mol. The van der Waals surface area contributed by atoms with Gasteiger partial charge in [-0.05, 0) is 31.4 Å². The van der Waals surface area contributed by atoms with Gasteiger partial charge in [0.15, 0.2) is 0 Å². The average Bonchev–Trinajstić information content (AvgIpc) is 2.43. The summed E-state index contributed by atoms with van der Waals surface area (Å²) in [7, 11) is 0. The van der Waals surface area contributed by atoms with Gasteiger partial charge in [-0.2, -0.15) is 0 Å². The topological polar surface area (TPSA) is 66.4 Å². The second-order valence-electron chi connectivity index (χ2n) is 4.55. The van der Waals surface area contributed by atoms with Crippen molar-refractivity contribution in [2.24, 2.45) is 5.92 Å². The van der Waals surface area contributed by atoms with Crippen LogP contribution < -0.4 is 5.32 Å². The quantitative estimate of drug-likeness (QED) is 0.829. The zero-order valence-electron chi connectivity index (χ0n) is 10.5. The van der Waals surface area contributed by atoms with Gasteiger partial charge in [-0.3, -0.25) is 4.79 Å². The van der Waals surface area contributed by atoms with Gasteiger partial charge >= 0.3 is 5.97 Å². The molecule has 1 amide bonds. The van der Waals surface area contributed by atoms with E-state index in [4.69, 9.17) is 23.2 Å². The van der Waals surface area contributed by atoms with Crippen LogP contribution in [0.25, 0.3) is 0 Å². The maximum absolute atomic E-state index is 12.2. The van der Waals surface area contributed by atoms with Crippen molar-refractivity contribution >= 4 is 40.8 Å². The number of nitrogens with one attached hydrogen (secondary N) is 1. The predicted octanol–water partition coefficient (Wildman–Crippen LogP) is 3.99. The van der Waals surface area contributed by atoms with Crippen LogP contribution in [0.15, 0.2) is 24.3 Å². The number of carbonyl (C=O) groups excluding carboxylic acids is 1. The van der Waals surface area contributed by atoms with E-state index >= 15 is 0 Å². The summed E-state index contributed by atoms with van der Waals surface area (Å²) >= 11 is 11.8. The lowest BCUT2D eigenvalue weighted by molar-refractivity contribution is -0.120. The zero-order valence-corrected chi connectivity index (χ0v) is 12.0. The summed E-state index contributed by atoms with van der Waals surface area (Å²) in [6.07, 6.45) is 6.20. The molecule has 0 saturated heterocycles. The second-order valence-corrected chi connectivity index (χ2v) is 5.37. The zero-order chi connectivity index (χ0) is 14.7. The molecule has 0 aromatic heterocycles. The van der Waals surface area contributed by atoms with Gasteiger partial charge in [-0.25, -0.2) is 4.79 Å². The first-order chi connectivity index (χ1) is 9.50. The first kappa shape index (κ1) is 14.9. The molecule has 1 aliphatic carbocycles. The van der Waals surface area contributed by atoms with Crippen LogP contribution in [0.3, 0.4) is 0 Å². The lowest BCUT2D eigenvalue weighted by Crippen LogP contribution is -2.24. The number of hydrogen-bond donors (Lipinski definition) is 2. The third-order valence-electron chi connectivity index (χ3n) is 3.21. The Hall–Kier alpha value is -1.52. The summed E-state index contributed by atoms with van der Waals surface area (Å²) in [5.74, 6) is -1.63. The van der Waals surface area contributed by atoms with Crippen LogP contribution in [0.4, 0.5) is 5.69 Å². The molecule has 20 heavy (non-hydrogen) atoms. The molecule has 0 saturated carbocycles. The highest BCUT2D eigenvalue weighted by Crippen LogP contribution is 2.33. The Balaban J connectivity index is 2.28. The fourth-order valence-electron chi connectivity index (χ4n) is 2.14. The second kappa shape index (κ2) is 6.29. The van der Waals surface area contributed by atoms with Crippen molar-refractivity contribution in [1.82, 2.24) is 0 Å². The number of carboxylic acid groups (broad SMARTS) is 1. The molecule has 1 aliphatic rings. The summed E-state index contributed by atoms with van der Waals surface area (Å²) in [6.45, 7) is 0. The van der Waals surface area contributed by atoms with Gasteiger partial charge < -0.3 is 10.4 Å². The Morgan fingerprint density at radius 1 is 1.20 bits per heavy atom. The smallest absolute Gasteiger partial charge is 0.339 e. The monoisotopic (exact) mass is 313 g/mol. The number of halogens is 2. The molecular formula is C14H13Cl2NO3. The Morgan fingerprint density at radius 2 is 1.90 bits per heavy atom. The molecule has 0 bridgehead atoms. The molecule has 4 nitrogen and oxygen atoms in total. The number of allylic oxidation sites excluding steroid dienone is 2. The minimum absolute atomic E-state index is 0.0424. The molecular weight excluding hydrogens is 301 g/mol. The fourth-order valence-corrected chi connectivity index (χ4v) is 2.58. The van der Waals surface area contributed by atoms with Crippen molar-refractivity contribution in [3.8, 4) is 0 Å². The van der Waals surface area contributed by atoms with E-state index in [0.29, 0.717) is 6.42 Å². The van der Waals surface area contributed by atoms with Gasteiger partial charge in [0, 0.05) is 5.92 Å². The molecule has 106 valence electrons. The molecule has 0 radical (unpaired) electrons. The van der Waals surface area contributed by atoms with Crippen molar-refractivity contribution in [3.63, 3.8) is 0 Å². The van der Waals surface area contributed by atoms with Gasteiger partial charge in [-0.15, -0.1) is 0 Å². The number of amides is 1. The van der Waals surface area contributed by atoms with Crippen molar-refractivity contribution in [2.75, 3.05) is 5.32 Å². The van der Waals surface area contributed by atoms with Crippen LogP contribution in [-0.2, 0) is 4.79 Å². The Bertz CT molecular complexity index is 584. The fraction of sp³-hybridized carbons (Fsp3) is 0.286. The third kappa shape index (κ3) is 3.14. The maximum atomic E-state index is 12.2. The minimum Gasteiger partial charge on any atom is -0.478 e. The summed E-state index contributed by atoms with van der Waals surface area (Å²) in [5, 5.41) is 12.0. The molecule has 0 aliphatic heterocycles. The van der Waals surface area contributed by atoms with Crippen molar-refractivity contribution < 1.29 is 14.7 Å². The molecule has 1 atom stereocenters. The van der Waals surface area contributed by atoms with E-state index in [2.05, 4.69) is 5.32 Å². The Labute approximate surface area is 126 Å². The summed E-state index contributed by atoms with van der Waals surface area (Å²) in [4.78, 5) is 23.4. The molecule has 6 heteroatoms. The molecule has 2 rings (SSSR count). The van der Waals surface area contributed by atoms with Crippen molar-refractivity contribution in [3.05, 3.63) is 39.9 Å². The van der Waals surface area contributed by atoms with Crippen LogP contribution in [0, 0.1) is 5.92 Å². The summed E-state index contributed by atoms with van der Waals surface area (Å²) in [6, 6.07) is 2.86. The van der Waals surface area contributed by atoms with Crippen LogP contribution >= 0.6 is 23.2 Å². The lowest BCUT2D eigenvalue weighted by Gasteiger charge is -2.19. The minimum atomic E-state index is -1.23. The first-order valence-electron chi connectivity index (χ1n) is 6.18. The SMILES string of the molecule is O=C(O)c1c(Cl)ccc(Cl)c1NC(=O)C1CC=CCC1. The van der Waals surface area contributed by atoms with Crippen LogP contribution in [0.5, 0.6) is 0 Å². The van der Waals surface area contributed by atoms with Gasteiger partial charge in [0.05, 0.1) is 15.7 Å². The van der Waals surface area contributed by atoms with Crippen LogP contribution in [-0.4, -0.2) is 17.0 Å². The Kier molecular flexibility index (Phi) is 4.68. The molecule has 0 heterocycles. The van der Waals surface area contributed by atoms with E-state index in [1.54, 1.807) is 0 Å². The molecule has 1 aromatic carbocycles. The van der Waals surface area contributed by atoms with E-state index in [-0.39, 0.29) is 33.1 Å². The normalized spacial score (nSPS) is 17.8. The van der Waals surface area contributed by atoms with Crippen molar-refractivity contribution in [1.29, 1.82) is 0 Å². The van der Waals surface area contributed by atoms with E-state index in [9.17, 15) is 14.7 Å². The van der Waals surface area contributed by atoms with E-state index < -0.39 is 5.97 Å². The first-order valence-corrected chi connectivity index (χ1v) is 6.93. The Morgan fingerprint density at radius 3 is 2.50 bits per heavy atom. The molecule has 0 spiro atoms. The number of benzene rings is 1. The van der Waals surface area contributed by atoms with Gasteiger partial charge in [-0.1, -0.05) is 35.4 Å². The standard InChI is InChI=1S/C14H13Cl2NO3/c15-9-6-7-10(16)12(11(9)14(19)20)17-13(18)8-4-2-1-3-5-8/h1-2,6-8H,3-5H2,(H,17,18)(H,19,20). The van der Waals surface area contributed by atoms with E-state index in [0.717, 1.165) is 12.8 Å². The van der Waals surface area contributed by atoms with Crippen molar-refractivity contribution in [2.45, 2.75) is 19.3 Å². The number of hydrogen-bond acceptors (Lipinski definition) is 2. The highest BCUT2D eigenvalue weighted by atomic mass is 35.5. The van der Waals surface area contributed by atoms with Crippen LogP contribution in [0.1, 0.15) is 29.6 Å². The number of carbonyl (C=O) groups is 2. The molecule has 1 unspecified atom stereocenters. The highest BCUT2D eigenvalue weighted by Gasteiger charge is 2.23. The average molecular weight is 314 g/mol. The number of aromatic carboxylic acids is 1.